The third-order valence-electron chi connectivity index (χ3n) is 3.56. The SMILES string of the molecule is Ic1ccccc1NC1CCNCc2ccccc21. The third kappa shape index (κ3) is 2.92. The van der Waals surface area contributed by atoms with Crippen molar-refractivity contribution in [2.45, 2.75) is 19.0 Å². The van der Waals surface area contributed by atoms with Gasteiger partial charge >= 0.3 is 0 Å². The highest BCUT2D eigenvalue weighted by molar-refractivity contribution is 14.1. The highest BCUT2D eigenvalue weighted by Gasteiger charge is 2.18. The van der Waals surface area contributed by atoms with Crippen molar-refractivity contribution >= 4 is 28.3 Å². The van der Waals surface area contributed by atoms with Crippen LogP contribution in [0.15, 0.2) is 48.5 Å². The molecule has 1 aliphatic rings. The van der Waals surface area contributed by atoms with Gasteiger partial charge in [-0.1, -0.05) is 36.4 Å². The molecule has 0 aromatic heterocycles. The second-order valence-electron chi connectivity index (χ2n) is 4.84. The van der Waals surface area contributed by atoms with Gasteiger partial charge in [0.05, 0.1) is 6.04 Å². The van der Waals surface area contributed by atoms with E-state index in [1.54, 1.807) is 0 Å². The van der Waals surface area contributed by atoms with Crippen LogP contribution in [0.4, 0.5) is 5.69 Å². The number of halogens is 1. The Hall–Kier alpha value is -1.07. The number of nitrogens with one attached hydrogen (secondary N) is 2. The lowest BCUT2D eigenvalue weighted by Gasteiger charge is -2.21. The molecule has 3 heteroatoms. The van der Waals surface area contributed by atoms with E-state index in [2.05, 4.69) is 81.8 Å². The molecule has 2 aromatic carbocycles. The first-order valence-corrected chi connectivity index (χ1v) is 7.72. The van der Waals surface area contributed by atoms with Gasteiger partial charge in [-0.25, -0.2) is 0 Å². The molecule has 98 valence electrons. The van der Waals surface area contributed by atoms with Crippen LogP contribution in [0.2, 0.25) is 0 Å². The Morgan fingerprint density at radius 2 is 1.84 bits per heavy atom. The van der Waals surface area contributed by atoms with Gasteiger partial charge in [0.15, 0.2) is 0 Å². The molecule has 0 saturated heterocycles. The van der Waals surface area contributed by atoms with Crippen molar-refractivity contribution in [2.75, 3.05) is 11.9 Å². The van der Waals surface area contributed by atoms with Crippen LogP contribution in [0.5, 0.6) is 0 Å². The average Bonchev–Trinajstić information content (AvgIpc) is 2.64. The van der Waals surface area contributed by atoms with Crippen molar-refractivity contribution in [3.8, 4) is 0 Å². The van der Waals surface area contributed by atoms with Crippen LogP contribution in [-0.4, -0.2) is 6.54 Å². The fourth-order valence-electron chi connectivity index (χ4n) is 2.58. The van der Waals surface area contributed by atoms with E-state index in [9.17, 15) is 0 Å². The van der Waals surface area contributed by atoms with Crippen LogP contribution in [0.1, 0.15) is 23.6 Å². The van der Waals surface area contributed by atoms with Gasteiger partial charge in [0.25, 0.3) is 0 Å². The maximum Gasteiger partial charge on any atom is 0.0529 e. The lowest BCUT2D eigenvalue weighted by molar-refractivity contribution is 0.637. The zero-order valence-corrected chi connectivity index (χ0v) is 12.9. The minimum atomic E-state index is 0.391. The summed E-state index contributed by atoms with van der Waals surface area (Å²) in [5.41, 5.74) is 4.06. The van der Waals surface area contributed by atoms with Crippen LogP contribution in [-0.2, 0) is 6.54 Å². The summed E-state index contributed by atoms with van der Waals surface area (Å²) in [7, 11) is 0. The lowest BCUT2D eigenvalue weighted by atomic mass is 9.99. The number of rotatable bonds is 2. The van der Waals surface area contributed by atoms with Gasteiger partial charge in [-0.3, -0.25) is 0 Å². The summed E-state index contributed by atoms with van der Waals surface area (Å²) in [5, 5.41) is 7.19. The molecule has 2 aromatic rings. The zero-order valence-electron chi connectivity index (χ0n) is 10.7. The van der Waals surface area contributed by atoms with Gasteiger partial charge in [-0.2, -0.15) is 0 Å². The van der Waals surface area contributed by atoms with Crippen molar-refractivity contribution in [1.29, 1.82) is 0 Å². The first kappa shape index (κ1) is 12.9. The Kier molecular flexibility index (Phi) is 4.03. The predicted molar refractivity (Wildman–Crippen MR) is 88.3 cm³/mol. The van der Waals surface area contributed by atoms with Gasteiger partial charge < -0.3 is 10.6 Å². The molecule has 1 heterocycles. The number of benzene rings is 2. The zero-order chi connectivity index (χ0) is 13.1. The Labute approximate surface area is 127 Å². The molecule has 0 amide bonds. The summed E-state index contributed by atoms with van der Waals surface area (Å²) >= 11 is 2.39. The maximum absolute atomic E-state index is 3.70. The lowest BCUT2D eigenvalue weighted by Crippen LogP contribution is -2.15. The van der Waals surface area contributed by atoms with E-state index in [-0.39, 0.29) is 0 Å². The molecule has 3 rings (SSSR count). The van der Waals surface area contributed by atoms with Crippen molar-refractivity contribution in [3.05, 3.63) is 63.2 Å². The molecule has 1 unspecified atom stereocenters. The van der Waals surface area contributed by atoms with Crippen molar-refractivity contribution in [1.82, 2.24) is 5.32 Å². The highest BCUT2D eigenvalue weighted by Crippen LogP contribution is 2.29. The van der Waals surface area contributed by atoms with Crippen molar-refractivity contribution in [2.24, 2.45) is 0 Å². The highest BCUT2D eigenvalue weighted by atomic mass is 127. The standard InChI is InChI=1S/C16H17IN2/c17-14-7-3-4-8-16(14)19-15-9-10-18-11-12-5-1-2-6-13(12)15/h1-8,15,18-19H,9-11H2. The van der Waals surface area contributed by atoms with Crippen LogP contribution >= 0.6 is 22.6 Å². The summed E-state index contributed by atoms with van der Waals surface area (Å²) in [6.45, 7) is 2.02. The van der Waals surface area contributed by atoms with Gasteiger partial charge in [0, 0.05) is 15.8 Å². The predicted octanol–water partition coefficient (Wildman–Crippen LogP) is 3.94. The second kappa shape index (κ2) is 5.92. The van der Waals surface area contributed by atoms with Crippen LogP contribution < -0.4 is 10.6 Å². The van der Waals surface area contributed by atoms with Crippen molar-refractivity contribution < 1.29 is 0 Å². The molecular weight excluding hydrogens is 347 g/mol. The fraction of sp³-hybridized carbons (Fsp3) is 0.250. The Bertz CT molecular complexity index is 568. The number of hydrogen-bond acceptors (Lipinski definition) is 2. The topological polar surface area (TPSA) is 24.1 Å². The average molecular weight is 364 g/mol. The molecular formula is C16H17IN2. The first-order chi connectivity index (χ1) is 9.34. The Balaban J connectivity index is 1.91. The number of para-hydroxylation sites is 1. The molecule has 2 nitrogen and oxygen atoms in total. The Morgan fingerprint density at radius 3 is 2.74 bits per heavy atom. The molecule has 0 spiro atoms. The molecule has 19 heavy (non-hydrogen) atoms. The molecule has 2 N–H and O–H groups in total. The monoisotopic (exact) mass is 364 g/mol. The molecule has 0 radical (unpaired) electrons. The minimum absolute atomic E-state index is 0.391. The largest absolute Gasteiger partial charge is 0.377 e. The number of hydrogen-bond donors (Lipinski definition) is 2. The van der Waals surface area contributed by atoms with E-state index >= 15 is 0 Å². The molecule has 0 bridgehead atoms. The van der Waals surface area contributed by atoms with E-state index in [4.69, 9.17) is 0 Å². The molecule has 0 fully saturated rings. The quantitative estimate of drug-likeness (QED) is 0.789. The maximum atomic E-state index is 3.70. The number of fused-ring (bicyclic) bond motifs is 1. The van der Waals surface area contributed by atoms with E-state index in [1.807, 2.05) is 0 Å². The summed E-state index contributed by atoms with van der Waals surface area (Å²) in [6, 6.07) is 17.6. The van der Waals surface area contributed by atoms with E-state index < -0.39 is 0 Å². The molecule has 1 atom stereocenters. The van der Waals surface area contributed by atoms with E-state index in [1.165, 1.54) is 20.4 Å². The van der Waals surface area contributed by atoms with Gasteiger partial charge in [-0.15, -0.1) is 0 Å². The van der Waals surface area contributed by atoms with Gasteiger partial charge in [-0.05, 0) is 58.8 Å². The minimum Gasteiger partial charge on any atom is -0.377 e. The van der Waals surface area contributed by atoms with Gasteiger partial charge in [0.1, 0.15) is 0 Å². The van der Waals surface area contributed by atoms with E-state index in [0.717, 1.165) is 19.5 Å². The summed E-state index contributed by atoms with van der Waals surface area (Å²) in [5.74, 6) is 0. The van der Waals surface area contributed by atoms with Crippen LogP contribution in [0.25, 0.3) is 0 Å². The van der Waals surface area contributed by atoms with Crippen LogP contribution in [0, 0.1) is 3.57 Å². The van der Waals surface area contributed by atoms with Gasteiger partial charge in [0.2, 0.25) is 0 Å². The smallest absolute Gasteiger partial charge is 0.0529 e. The van der Waals surface area contributed by atoms with Crippen LogP contribution in [0.3, 0.4) is 0 Å². The number of anilines is 1. The van der Waals surface area contributed by atoms with Crippen molar-refractivity contribution in [3.63, 3.8) is 0 Å². The normalized spacial score (nSPS) is 18.5. The fourth-order valence-corrected chi connectivity index (χ4v) is 3.12. The summed E-state index contributed by atoms with van der Waals surface area (Å²) in [4.78, 5) is 0. The third-order valence-corrected chi connectivity index (χ3v) is 4.50. The Morgan fingerprint density at radius 1 is 1.05 bits per heavy atom. The summed E-state index contributed by atoms with van der Waals surface area (Å²) in [6.07, 6.45) is 1.11. The molecule has 0 saturated carbocycles. The molecule has 0 aliphatic carbocycles. The molecule has 1 aliphatic heterocycles. The van der Waals surface area contributed by atoms with E-state index in [0.29, 0.717) is 6.04 Å². The second-order valence-corrected chi connectivity index (χ2v) is 6.00. The first-order valence-electron chi connectivity index (χ1n) is 6.64. The summed E-state index contributed by atoms with van der Waals surface area (Å²) < 4.78 is 1.27.